The first-order valence-corrected chi connectivity index (χ1v) is 8.42. The number of hydrogen-bond donors (Lipinski definition) is 3. The highest BCUT2D eigenvalue weighted by atomic mass is 32.2. The third-order valence-corrected chi connectivity index (χ3v) is 4.79. The van der Waals surface area contributed by atoms with Gasteiger partial charge in [-0.2, -0.15) is 3.71 Å². The van der Waals surface area contributed by atoms with Crippen LogP contribution in [0.4, 0.5) is 0 Å². The van der Waals surface area contributed by atoms with Crippen molar-refractivity contribution >= 4 is 46.4 Å². The number of fused-ring (bicyclic) bond motifs is 1. The summed E-state index contributed by atoms with van der Waals surface area (Å²) in [6, 6.07) is 12.7. The van der Waals surface area contributed by atoms with Crippen molar-refractivity contribution < 1.29 is 8.42 Å². The van der Waals surface area contributed by atoms with Crippen LogP contribution in [-0.2, 0) is 10.0 Å². The molecule has 0 saturated carbocycles. The standard InChI is InChI=1S/C13H16N2O2S3/c16-20(17,14-9-4-10-15(18)19)13-8-3-6-11-5-1-2-7-12(11)13/h1-3,5-8,14,18-19H,4,9-10H2. The molecule has 0 atom stereocenters. The van der Waals surface area contributed by atoms with Crippen LogP contribution >= 0.6 is 25.6 Å². The zero-order valence-corrected chi connectivity index (χ0v) is 13.3. The molecule has 4 nitrogen and oxygen atoms in total. The third-order valence-electron chi connectivity index (χ3n) is 2.87. The molecule has 0 aromatic heterocycles. The van der Waals surface area contributed by atoms with Gasteiger partial charge in [-0.05, 0) is 17.9 Å². The Balaban J connectivity index is 2.19. The lowest BCUT2D eigenvalue weighted by Crippen LogP contribution is -2.26. The first kappa shape index (κ1) is 15.7. The summed E-state index contributed by atoms with van der Waals surface area (Å²) in [5, 5.41) is 1.64. The number of benzene rings is 2. The van der Waals surface area contributed by atoms with Gasteiger partial charge in [0, 0.05) is 18.5 Å². The lowest BCUT2D eigenvalue weighted by molar-refractivity contribution is 0.576. The number of thiol groups is 2. The number of nitrogens with zero attached hydrogens (tertiary/aromatic N) is 1. The number of rotatable bonds is 6. The molecule has 0 aliphatic carbocycles. The minimum absolute atomic E-state index is 0.309. The summed E-state index contributed by atoms with van der Waals surface area (Å²) in [6.07, 6.45) is 0.636. The van der Waals surface area contributed by atoms with Gasteiger partial charge in [-0.15, -0.1) is 0 Å². The highest BCUT2D eigenvalue weighted by Crippen LogP contribution is 2.22. The minimum Gasteiger partial charge on any atom is -0.211 e. The maximum Gasteiger partial charge on any atom is 0.241 e. The molecule has 2 aromatic carbocycles. The van der Waals surface area contributed by atoms with Gasteiger partial charge in [-0.1, -0.05) is 62.0 Å². The van der Waals surface area contributed by atoms with Crippen molar-refractivity contribution in [1.29, 1.82) is 0 Å². The van der Waals surface area contributed by atoms with E-state index in [1.165, 1.54) is 3.71 Å². The van der Waals surface area contributed by atoms with Crippen LogP contribution in [0.15, 0.2) is 47.4 Å². The summed E-state index contributed by atoms with van der Waals surface area (Å²) in [6.45, 7) is 0.938. The fourth-order valence-corrected chi connectivity index (χ4v) is 3.52. The third kappa shape index (κ3) is 3.89. The highest BCUT2D eigenvalue weighted by molar-refractivity contribution is 7.93. The van der Waals surface area contributed by atoms with Crippen molar-refractivity contribution in [3.05, 3.63) is 42.5 Å². The first-order chi connectivity index (χ1) is 9.50. The summed E-state index contributed by atoms with van der Waals surface area (Å²) < 4.78 is 28.7. The van der Waals surface area contributed by atoms with Crippen molar-refractivity contribution in [3.8, 4) is 0 Å². The van der Waals surface area contributed by atoms with Crippen LogP contribution in [0.2, 0.25) is 0 Å². The van der Waals surface area contributed by atoms with Gasteiger partial charge in [0.05, 0.1) is 4.90 Å². The molecule has 0 fully saturated rings. The molecule has 0 unspecified atom stereocenters. The molecule has 7 heteroatoms. The van der Waals surface area contributed by atoms with Crippen molar-refractivity contribution in [2.45, 2.75) is 11.3 Å². The molecule has 108 valence electrons. The SMILES string of the molecule is O=S(=O)(NCCCN(S)S)c1cccc2ccccc12. The Labute approximate surface area is 130 Å². The Morgan fingerprint density at radius 3 is 2.50 bits per heavy atom. The Hall–Kier alpha value is -0.730. The quantitative estimate of drug-likeness (QED) is 0.564. The normalized spacial score (nSPS) is 12.2. The summed E-state index contributed by atoms with van der Waals surface area (Å²) in [7, 11) is -3.50. The number of hydrogen-bond acceptors (Lipinski definition) is 5. The smallest absolute Gasteiger partial charge is 0.211 e. The van der Waals surface area contributed by atoms with E-state index in [2.05, 4.69) is 30.4 Å². The van der Waals surface area contributed by atoms with Crippen LogP contribution in [0.5, 0.6) is 0 Å². The molecule has 0 aliphatic rings. The van der Waals surface area contributed by atoms with Gasteiger partial charge in [0.15, 0.2) is 0 Å². The fraction of sp³-hybridized carbons (Fsp3) is 0.231. The van der Waals surface area contributed by atoms with Gasteiger partial charge in [0.1, 0.15) is 0 Å². The second-order valence-corrected chi connectivity index (χ2v) is 7.34. The predicted molar refractivity (Wildman–Crippen MR) is 88.4 cm³/mol. The average Bonchev–Trinajstić information content (AvgIpc) is 2.43. The number of sulfonamides is 1. The Kier molecular flexibility index (Phi) is 5.34. The van der Waals surface area contributed by atoms with E-state index < -0.39 is 10.0 Å². The van der Waals surface area contributed by atoms with Crippen LogP contribution in [0.1, 0.15) is 6.42 Å². The van der Waals surface area contributed by atoms with Crippen LogP contribution in [-0.4, -0.2) is 25.2 Å². The molecule has 0 aliphatic heterocycles. The molecule has 2 aromatic rings. The Bertz CT molecular complexity index is 682. The molecule has 0 amide bonds. The van der Waals surface area contributed by atoms with Gasteiger partial charge < -0.3 is 0 Å². The summed E-state index contributed by atoms with van der Waals surface area (Å²) in [5.74, 6) is 0. The zero-order valence-electron chi connectivity index (χ0n) is 10.7. The average molecular weight is 328 g/mol. The van der Waals surface area contributed by atoms with Gasteiger partial charge in [-0.3, -0.25) is 0 Å². The van der Waals surface area contributed by atoms with Crippen LogP contribution < -0.4 is 4.72 Å². The van der Waals surface area contributed by atoms with E-state index in [1.54, 1.807) is 12.1 Å². The van der Waals surface area contributed by atoms with E-state index in [4.69, 9.17) is 0 Å². The van der Waals surface area contributed by atoms with E-state index >= 15 is 0 Å². The van der Waals surface area contributed by atoms with Crippen LogP contribution in [0.3, 0.4) is 0 Å². The molecule has 0 saturated heterocycles. The predicted octanol–water partition coefficient (Wildman–Crippen LogP) is 2.50. The molecule has 0 heterocycles. The van der Waals surface area contributed by atoms with Crippen molar-refractivity contribution in [2.75, 3.05) is 13.1 Å². The molecule has 0 bridgehead atoms. The second kappa shape index (κ2) is 6.82. The number of nitrogens with one attached hydrogen (secondary N) is 1. The van der Waals surface area contributed by atoms with E-state index in [1.807, 2.05) is 30.3 Å². The second-order valence-electron chi connectivity index (χ2n) is 4.32. The van der Waals surface area contributed by atoms with E-state index in [9.17, 15) is 8.42 Å². The first-order valence-electron chi connectivity index (χ1n) is 6.13. The van der Waals surface area contributed by atoms with Crippen LogP contribution in [0, 0.1) is 0 Å². The molecule has 0 spiro atoms. The molecule has 1 N–H and O–H groups in total. The monoisotopic (exact) mass is 328 g/mol. The van der Waals surface area contributed by atoms with Gasteiger partial charge in [-0.25, -0.2) is 13.1 Å². The summed E-state index contributed by atoms with van der Waals surface area (Å²) in [5.41, 5.74) is 0. The van der Waals surface area contributed by atoms with Crippen molar-refractivity contribution in [2.24, 2.45) is 0 Å². The molecule has 20 heavy (non-hydrogen) atoms. The molecular weight excluding hydrogens is 312 g/mol. The van der Waals surface area contributed by atoms with E-state index in [-0.39, 0.29) is 0 Å². The van der Waals surface area contributed by atoms with E-state index in [0.29, 0.717) is 24.4 Å². The van der Waals surface area contributed by atoms with Gasteiger partial charge >= 0.3 is 0 Å². The van der Waals surface area contributed by atoms with Gasteiger partial charge in [0.2, 0.25) is 10.0 Å². The fourth-order valence-electron chi connectivity index (χ4n) is 1.93. The lowest BCUT2D eigenvalue weighted by Gasteiger charge is -2.10. The van der Waals surface area contributed by atoms with Gasteiger partial charge in [0.25, 0.3) is 0 Å². The summed E-state index contributed by atoms with van der Waals surface area (Å²) in [4.78, 5) is 0.309. The van der Waals surface area contributed by atoms with Crippen LogP contribution in [0.25, 0.3) is 10.8 Å². The largest absolute Gasteiger partial charge is 0.241 e. The topological polar surface area (TPSA) is 49.4 Å². The lowest BCUT2D eigenvalue weighted by atomic mass is 10.1. The minimum atomic E-state index is -3.50. The van der Waals surface area contributed by atoms with Crippen molar-refractivity contribution in [1.82, 2.24) is 8.43 Å². The maximum atomic E-state index is 12.3. The zero-order chi connectivity index (χ0) is 14.6. The van der Waals surface area contributed by atoms with Crippen molar-refractivity contribution in [3.63, 3.8) is 0 Å². The Morgan fingerprint density at radius 1 is 1.05 bits per heavy atom. The maximum absolute atomic E-state index is 12.3. The Morgan fingerprint density at radius 2 is 1.75 bits per heavy atom. The molecule has 2 rings (SSSR count). The molecule has 0 radical (unpaired) electrons. The van der Waals surface area contributed by atoms with E-state index in [0.717, 1.165) is 10.8 Å². The summed E-state index contributed by atoms with van der Waals surface area (Å²) >= 11 is 7.96. The highest BCUT2D eigenvalue weighted by Gasteiger charge is 2.16. The molecular formula is C13H16N2O2S3.